The molecule has 1 atom stereocenters. The highest BCUT2D eigenvalue weighted by Gasteiger charge is 2.41. The first-order chi connectivity index (χ1) is 15.0. The van der Waals surface area contributed by atoms with E-state index in [1.807, 2.05) is 36.4 Å². The van der Waals surface area contributed by atoms with Crippen molar-refractivity contribution in [2.24, 2.45) is 0 Å². The van der Waals surface area contributed by atoms with Crippen molar-refractivity contribution in [3.05, 3.63) is 94.5 Å². The molecule has 31 heavy (non-hydrogen) atoms. The monoisotopic (exact) mass is 435 g/mol. The predicted octanol–water partition coefficient (Wildman–Crippen LogP) is 5.57. The highest BCUT2D eigenvalue weighted by molar-refractivity contribution is 6.30. The van der Waals surface area contributed by atoms with Gasteiger partial charge >= 0.3 is 12.1 Å². The van der Waals surface area contributed by atoms with Crippen molar-refractivity contribution >= 4 is 23.7 Å². The van der Waals surface area contributed by atoms with Crippen molar-refractivity contribution in [2.75, 3.05) is 6.61 Å². The van der Waals surface area contributed by atoms with Gasteiger partial charge in [0, 0.05) is 10.9 Å². The zero-order chi connectivity index (χ0) is 22.0. The molecule has 1 unspecified atom stereocenters. The number of carbonyl (C=O) groups is 2. The number of benzene rings is 3. The quantitative estimate of drug-likeness (QED) is 0.530. The van der Waals surface area contributed by atoms with E-state index in [2.05, 4.69) is 17.4 Å². The third kappa shape index (κ3) is 3.77. The Morgan fingerprint density at radius 2 is 1.61 bits per heavy atom. The maximum atomic E-state index is 12.7. The Morgan fingerprint density at radius 1 is 1.00 bits per heavy atom. The lowest BCUT2D eigenvalue weighted by atomic mass is 9.87. The van der Waals surface area contributed by atoms with Crippen molar-refractivity contribution in [1.82, 2.24) is 5.32 Å². The van der Waals surface area contributed by atoms with Crippen molar-refractivity contribution in [3.8, 4) is 11.1 Å². The molecule has 0 heterocycles. The topological polar surface area (TPSA) is 75.6 Å². The van der Waals surface area contributed by atoms with Gasteiger partial charge in [-0.2, -0.15) is 0 Å². The van der Waals surface area contributed by atoms with Gasteiger partial charge in [-0.15, -0.1) is 0 Å². The van der Waals surface area contributed by atoms with Crippen LogP contribution in [0.25, 0.3) is 11.1 Å². The molecule has 158 valence electrons. The molecule has 0 saturated carbocycles. The van der Waals surface area contributed by atoms with Gasteiger partial charge in [0.15, 0.2) is 5.54 Å². The van der Waals surface area contributed by atoms with E-state index >= 15 is 0 Å². The molecule has 0 fully saturated rings. The molecule has 4 rings (SSSR count). The first-order valence-corrected chi connectivity index (χ1v) is 10.5. The lowest BCUT2D eigenvalue weighted by molar-refractivity contribution is -0.145. The molecule has 0 aromatic heterocycles. The second-order valence-electron chi connectivity index (χ2n) is 7.52. The number of aliphatic carboxylic acids is 1. The van der Waals surface area contributed by atoms with Crippen molar-refractivity contribution < 1.29 is 19.4 Å². The summed E-state index contributed by atoms with van der Waals surface area (Å²) in [6.45, 7) is 1.80. The summed E-state index contributed by atoms with van der Waals surface area (Å²) in [5, 5.41) is 12.9. The van der Waals surface area contributed by atoms with Crippen LogP contribution >= 0.6 is 11.6 Å². The number of carbonyl (C=O) groups excluding carboxylic acids is 1. The summed E-state index contributed by atoms with van der Waals surface area (Å²) in [6, 6.07) is 22.5. The van der Waals surface area contributed by atoms with Crippen LogP contribution in [0.2, 0.25) is 5.02 Å². The molecule has 1 aliphatic carbocycles. The average Bonchev–Trinajstić information content (AvgIpc) is 3.09. The van der Waals surface area contributed by atoms with E-state index in [1.54, 1.807) is 31.2 Å². The van der Waals surface area contributed by atoms with E-state index in [-0.39, 0.29) is 18.9 Å². The molecular formula is C25H22ClNO4. The average molecular weight is 436 g/mol. The van der Waals surface area contributed by atoms with E-state index in [0.29, 0.717) is 10.6 Å². The summed E-state index contributed by atoms with van der Waals surface area (Å²) in [6.07, 6.45) is -0.654. The molecule has 0 saturated heterocycles. The molecule has 0 aliphatic heterocycles. The van der Waals surface area contributed by atoms with Crippen molar-refractivity contribution in [3.63, 3.8) is 0 Å². The third-order valence-corrected chi connectivity index (χ3v) is 6.11. The number of hydrogen-bond donors (Lipinski definition) is 2. The Bertz CT molecular complexity index is 1100. The summed E-state index contributed by atoms with van der Waals surface area (Å²) in [5.41, 5.74) is 3.19. The van der Waals surface area contributed by atoms with Crippen molar-refractivity contribution in [2.45, 2.75) is 24.8 Å². The number of hydrogen-bond acceptors (Lipinski definition) is 3. The Morgan fingerprint density at radius 3 is 2.16 bits per heavy atom. The van der Waals surface area contributed by atoms with Crippen LogP contribution in [0, 0.1) is 0 Å². The molecule has 3 aromatic carbocycles. The number of rotatable bonds is 6. The number of fused-ring (bicyclic) bond motifs is 3. The van der Waals surface area contributed by atoms with E-state index in [1.165, 1.54) is 0 Å². The molecule has 1 amide bonds. The first-order valence-electron chi connectivity index (χ1n) is 10.1. The van der Waals surface area contributed by atoms with Crippen LogP contribution in [0.3, 0.4) is 0 Å². The molecule has 0 radical (unpaired) electrons. The molecular weight excluding hydrogens is 414 g/mol. The highest BCUT2D eigenvalue weighted by atomic mass is 35.5. The normalized spacial score (nSPS) is 14.3. The standard InChI is InChI=1S/C25H22ClNO4/c1-2-25(23(28)29,16-8-7-9-17(26)14-16)27-24(30)31-15-22-20-12-5-3-10-18(20)19-11-4-6-13-21(19)22/h3-14,22H,2,15H2,1H3,(H,27,30)(H,28,29). The molecule has 6 heteroatoms. The van der Waals surface area contributed by atoms with Crippen LogP contribution in [0.4, 0.5) is 4.79 Å². The third-order valence-electron chi connectivity index (χ3n) is 5.87. The number of nitrogens with one attached hydrogen (secondary N) is 1. The minimum Gasteiger partial charge on any atom is -0.479 e. The van der Waals surface area contributed by atoms with Gasteiger partial charge < -0.3 is 15.2 Å². The minimum atomic E-state index is -1.63. The van der Waals surface area contributed by atoms with E-state index < -0.39 is 17.6 Å². The maximum Gasteiger partial charge on any atom is 0.408 e. The fourth-order valence-corrected chi connectivity index (χ4v) is 4.45. The summed E-state index contributed by atoms with van der Waals surface area (Å²) in [5.74, 6) is -1.28. The molecule has 2 N–H and O–H groups in total. The van der Waals surface area contributed by atoms with Gasteiger partial charge in [-0.1, -0.05) is 79.2 Å². The number of alkyl carbamates (subject to hydrolysis) is 1. The fourth-order valence-electron chi connectivity index (χ4n) is 4.26. The summed E-state index contributed by atoms with van der Waals surface area (Å²) < 4.78 is 5.55. The van der Waals surface area contributed by atoms with Gasteiger partial charge in [0.1, 0.15) is 6.61 Å². The molecule has 0 bridgehead atoms. The van der Waals surface area contributed by atoms with E-state index in [9.17, 15) is 14.7 Å². The van der Waals surface area contributed by atoms with Gasteiger partial charge in [-0.05, 0) is 46.4 Å². The lowest BCUT2D eigenvalue weighted by Gasteiger charge is -2.30. The number of amides is 1. The van der Waals surface area contributed by atoms with Gasteiger partial charge in [-0.3, -0.25) is 0 Å². The van der Waals surface area contributed by atoms with Crippen LogP contribution in [-0.4, -0.2) is 23.8 Å². The minimum absolute atomic E-state index is 0.106. The molecule has 5 nitrogen and oxygen atoms in total. The largest absolute Gasteiger partial charge is 0.479 e. The number of halogens is 1. The Labute approximate surface area is 185 Å². The second-order valence-corrected chi connectivity index (χ2v) is 7.96. The Balaban J connectivity index is 1.55. The van der Waals surface area contributed by atoms with Gasteiger partial charge in [0.25, 0.3) is 0 Å². The predicted molar refractivity (Wildman–Crippen MR) is 119 cm³/mol. The maximum absolute atomic E-state index is 12.7. The summed E-state index contributed by atoms with van der Waals surface area (Å²) in [4.78, 5) is 24.9. The molecule has 1 aliphatic rings. The summed E-state index contributed by atoms with van der Waals surface area (Å²) in [7, 11) is 0. The summed E-state index contributed by atoms with van der Waals surface area (Å²) >= 11 is 6.06. The number of ether oxygens (including phenoxy) is 1. The second kappa shape index (κ2) is 8.44. The van der Waals surface area contributed by atoms with Crippen LogP contribution in [0.5, 0.6) is 0 Å². The Hall–Kier alpha value is -3.31. The fraction of sp³-hybridized carbons (Fsp3) is 0.200. The number of carboxylic acid groups (broad SMARTS) is 1. The van der Waals surface area contributed by atoms with Crippen molar-refractivity contribution in [1.29, 1.82) is 0 Å². The van der Waals surface area contributed by atoms with Crippen LogP contribution in [0.15, 0.2) is 72.8 Å². The van der Waals surface area contributed by atoms with E-state index in [0.717, 1.165) is 22.3 Å². The smallest absolute Gasteiger partial charge is 0.408 e. The van der Waals surface area contributed by atoms with E-state index in [4.69, 9.17) is 16.3 Å². The highest BCUT2D eigenvalue weighted by Crippen LogP contribution is 2.44. The lowest BCUT2D eigenvalue weighted by Crippen LogP contribution is -2.51. The molecule has 0 spiro atoms. The van der Waals surface area contributed by atoms with Gasteiger partial charge in [-0.25, -0.2) is 9.59 Å². The van der Waals surface area contributed by atoms with Crippen LogP contribution in [0.1, 0.15) is 36.0 Å². The van der Waals surface area contributed by atoms with Crippen LogP contribution < -0.4 is 5.32 Å². The zero-order valence-electron chi connectivity index (χ0n) is 17.0. The molecule has 3 aromatic rings. The number of carboxylic acids is 1. The van der Waals surface area contributed by atoms with Gasteiger partial charge in [0.2, 0.25) is 0 Å². The zero-order valence-corrected chi connectivity index (χ0v) is 17.7. The van der Waals surface area contributed by atoms with Crippen LogP contribution in [-0.2, 0) is 15.1 Å². The Kier molecular flexibility index (Phi) is 5.70. The SMILES string of the molecule is CCC(NC(=O)OCC1c2ccccc2-c2ccccc21)(C(=O)O)c1cccc(Cl)c1. The first kappa shape index (κ1) is 20.9. The van der Waals surface area contributed by atoms with Gasteiger partial charge in [0.05, 0.1) is 0 Å².